The summed E-state index contributed by atoms with van der Waals surface area (Å²) < 4.78 is 13.2. The Labute approximate surface area is 76.8 Å². The second kappa shape index (κ2) is 4.03. The van der Waals surface area contributed by atoms with Crippen LogP contribution in [-0.4, -0.2) is 13.0 Å². The van der Waals surface area contributed by atoms with Crippen LogP contribution in [0.4, 0.5) is 4.39 Å². The van der Waals surface area contributed by atoms with Gasteiger partial charge in [0.25, 0.3) is 0 Å². The zero-order valence-electron chi connectivity index (χ0n) is 7.67. The SMILES string of the molecule is CNC(=O)C(C)c1ccccc1F. The summed E-state index contributed by atoms with van der Waals surface area (Å²) in [5, 5.41) is 2.48. The average Bonchev–Trinajstić information content (AvgIpc) is 2.16. The van der Waals surface area contributed by atoms with Crippen molar-refractivity contribution < 1.29 is 9.18 Å². The molecule has 0 fully saturated rings. The summed E-state index contributed by atoms with van der Waals surface area (Å²) in [6.07, 6.45) is 0. The summed E-state index contributed by atoms with van der Waals surface area (Å²) in [6, 6.07) is 6.30. The topological polar surface area (TPSA) is 29.1 Å². The maximum atomic E-state index is 13.2. The molecule has 0 aliphatic heterocycles. The lowest BCUT2D eigenvalue weighted by molar-refractivity contribution is -0.121. The number of rotatable bonds is 2. The summed E-state index contributed by atoms with van der Waals surface area (Å²) in [4.78, 5) is 11.2. The number of benzene rings is 1. The van der Waals surface area contributed by atoms with E-state index in [0.717, 1.165) is 0 Å². The highest BCUT2D eigenvalue weighted by Gasteiger charge is 2.16. The third kappa shape index (κ3) is 2.05. The lowest BCUT2D eigenvalue weighted by Gasteiger charge is -2.10. The van der Waals surface area contributed by atoms with Gasteiger partial charge < -0.3 is 5.32 Å². The van der Waals surface area contributed by atoms with Crippen molar-refractivity contribution in [3.05, 3.63) is 35.6 Å². The van der Waals surface area contributed by atoms with Gasteiger partial charge in [0.1, 0.15) is 5.82 Å². The van der Waals surface area contributed by atoms with Crippen molar-refractivity contribution in [2.24, 2.45) is 0 Å². The number of nitrogens with one attached hydrogen (secondary N) is 1. The molecule has 0 aliphatic rings. The maximum absolute atomic E-state index is 13.2. The predicted octanol–water partition coefficient (Wildman–Crippen LogP) is 1.68. The molecule has 13 heavy (non-hydrogen) atoms. The van der Waals surface area contributed by atoms with E-state index in [2.05, 4.69) is 5.32 Å². The van der Waals surface area contributed by atoms with E-state index in [9.17, 15) is 9.18 Å². The molecule has 1 atom stereocenters. The van der Waals surface area contributed by atoms with Crippen LogP contribution in [0.2, 0.25) is 0 Å². The third-order valence-corrected chi connectivity index (χ3v) is 2.01. The molecule has 0 radical (unpaired) electrons. The first kappa shape index (κ1) is 9.71. The molecule has 0 saturated heterocycles. The molecular weight excluding hydrogens is 169 g/mol. The lowest BCUT2D eigenvalue weighted by atomic mass is 10.00. The Morgan fingerprint density at radius 1 is 1.46 bits per heavy atom. The third-order valence-electron chi connectivity index (χ3n) is 2.01. The Morgan fingerprint density at radius 2 is 2.08 bits per heavy atom. The molecule has 1 amide bonds. The fraction of sp³-hybridized carbons (Fsp3) is 0.300. The number of amides is 1. The largest absolute Gasteiger partial charge is 0.359 e. The monoisotopic (exact) mass is 181 g/mol. The molecule has 1 unspecified atom stereocenters. The van der Waals surface area contributed by atoms with Crippen LogP contribution in [0.15, 0.2) is 24.3 Å². The number of hydrogen-bond acceptors (Lipinski definition) is 1. The molecule has 0 aliphatic carbocycles. The summed E-state index contributed by atoms with van der Waals surface area (Å²) >= 11 is 0. The Bertz CT molecular complexity index is 312. The summed E-state index contributed by atoms with van der Waals surface area (Å²) in [5.41, 5.74) is 0.432. The van der Waals surface area contributed by atoms with Crippen molar-refractivity contribution in [1.82, 2.24) is 5.32 Å². The molecule has 0 heterocycles. The number of hydrogen-bond donors (Lipinski definition) is 1. The zero-order valence-corrected chi connectivity index (χ0v) is 7.67. The van der Waals surface area contributed by atoms with Crippen LogP contribution in [0.1, 0.15) is 18.4 Å². The van der Waals surface area contributed by atoms with Crippen molar-refractivity contribution in [2.45, 2.75) is 12.8 Å². The van der Waals surface area contributed by atoms with Gasteiger partial charge in [0, 0.05) is 7.05 Å². The Kier molecular flexibility index (Phi) is 3.01. The van der Waals surface area contributed by atoms with E-state index in [0.29, 0.717) is 5.56 Å². The molecule has 0 saturated carbocycles. The number of halogens is 1. The molecule has 1 aromatic carbocycles. The minimum atomic E-state index is -0.439. The molecule has 2 nitrogen and oxygen atoms in total. The summed E-state index contributed by atoms with van der Waals surface area (Å²) in [6.45, 7) is 1.68. The van der Waals surface area contributed by atoms with Gasteiger partial charge in [-0.2, -0.15) is 0 Å². The average molecular weight is 181 g/mol. The van der Waals surface area contributed by atoms with Gasteiger partial charge in [-0.1, -0.05) is 18.2 Å². The van der Waals surface area contributed by atoms with Crippen molar-refractivity contribution >= 4 is 5.91 Å². The van der Waals surface area contributed by atoms with Crippen LogP contribution in [0.5, 0.6) is 0 Å². The van der Waals surface area contributed by atoms with E-state index in [1.165, 1.54) is 6.07 Å². The number of carbonyl (C=O) groups is 1. The molecule has 0 aromatic heterocycles. The van der Waals surface area contributed by atoms with Gasteiger partial charge in [-0.25, -0.2) is 4.39 Å². The van der Waals surface area contributed by atoms with Crippen LogP contribution in [0, 0.1) is 5.82 Å². The van der Waals surface area contributed by atoms with Gasteiger partial charge in [-0.15, -0.1) is 0 Å². The van der Waals surface area contributed by atoms with Crippen LogP contribution in [0.3, 0.4) is 0 Å². The van der Waals surface area contributed by atoms with Gasteiger partial charge in [-0.05, 0) is 18.6 Å². The number of carbonyl (C=O) groups excluding carboxylic acids is 1. The van der Waals surface area contributed by atoms with Crippen molar-refractivity contribution in [2.75, 3.05) is 7.05 Å². The normalized spacial score (nSPS) is 12.2. The fourth-order valence-electron chi connectivity index (χ4n) is 1.18. The van der Waals surface area contributed by atoms with Crippen LogP contribution in [-0.2, 0) is 4.79 Å². The molecule has 3 heteroatoms. The maximum Gasteiger partial charge on any atom is 0.227 e. The molecule has 1 aromatic rings. The highest BCUT2D eigenvalue weighted by Crippen LogP contribution is 2.18. The minimum Gasteiger partial charge on any atom is -0.359 e. The van der Waals surface area contributed by atoms with Crippen LogP contribution >= 0.6 is 0 Å². The van der Waals surface area contributed by atoms with Gasteiger partial charge in [0.15, 0.2) is 0 Å². The van der Waals surface area contributed by atoms with Crippen LogP contribution < -0.4 is 5.32 Å². The molecule has 0 spiro atoms. The smallest absolute Gasteiger partial charge is 0.227 e. The minimum absolute atomic E-state index is 0.176. The van der Waals surface area contributed by atoms with E-state index in [-0.39, 0.29) is 11.7 Å². The highest BCUT2D eigenvalue weighted by molar-refractivity contribution is 5.82. The second-order valence-electron chi connectivity index (χ2n) is 2.86. The zero-order chi connectivity index (χ0) is 9.84. The van der Waals surface area contributed by atoms with E-state index in [1.807, 2.05) is 0 Å². The van der Waals surface area contributed by atoms with E-state index in [4.69, 9.17) is 0 Å². The van der Waals surface area contributed by atoms with Crippen molar-refractivity contribution in [3.8, 4) is 0 Å². The molecule has 1 N–H and O–H groups in total. The Morgan fingerprint density at radius 3 is 2.62 bits per heavy atom. The fourth-order valence-corrected chi connectivity index (χ4v) is 1.18. The van der Waals surface area contributed by atoms with Crippen molar-refractivity contribution in [3.63, 3.8) is 0 Å². The van der Waals surface area contributed by atoms with Crippen LogP contribution in [0.25, 0.3) is 0 Å². The molecule has 0 bridgehead atoms. The second-order valence-corrected chi connectivity index (χ2v) is 2.86. The quantitative estimate of drug-likeness (QED) is 0.738. The predicted molar refractivity (Wildman–Crippen MR) is 48.9 cm³/mol. The van der Waals surface area contributed by atoms with Gasteiger partial charge >= 0.3 is 0 Å². The van der Waals surface area contributed by atoms with Gasteiger partial charge in [0.2, 0.25) is 5.91 Å². The first-order valence-electron chi connectivity index (χ1n) is 4.13. The summed E-state index contributed by atoms with van der Waals surface area (Å²) in [5.74, 6) is -0.949. The van der Waals surface area contributed by atoms with Gasteiger partial charge in [-0.3, -0.25) is 4.79 Å². The standard InChI is InChI=1S/C10H12FNO/c1-7(10(13)12-2)8-5-3-4-6-9(8)11/h3-7H,1-2H3,(H,12,13). The Hall–Kier alpha value is -1.38. The summed E-state index contributed by atoms with van der Waals surface area (Å²) in [7, 11) is 1.54. The molecule has 70 valence electrons. The Balaban J connectivity index is 2.95. The molecular formula is C10H12FNO. The molecule has 1 rings (SSSR count). The van der Waals surface area contributed by atoms with E-state index in [1.54, 1.807) is 32.2 Å². The highest BCUT2D eigenvalue weighted by atomic mass is 19.1. The van der Waals surface area contributed by atoms with E-state index >= 15 is 0 Å². The first-order chi connectivity index (χ1) is 6.16. The lowest BCUT2D eigenvalue weighted by Crippen LogP contribution is -2.24. The van der Waals surface area contributed by atoms with Gasteiger partial charge in [0.05, 0.1) is 5.92 Å². The van der Waals surface area contributed by atoms with Crippen molar-refractivity contribution in [1.29, 1.82) is 0 Å². The first-order valence-corrected chi connectivity index (χ1v) is 4.13. The van der Waals surface area contributed by atoms with E-state index < -0.39 is 5.92 Å². The number of likely N-dealkylation sites (N-methyl/N-ethyl adjacent to an activating group) is 1.